The molecule has 19 heavy (non-hydrogen) atoms. The van der Waals surface area contributed by atoms with E-state index in [-0.39, 0.29) is 11.0 Å². The lowest BCUT2D eigenvalue weighted by atomic mass is 10.1. The molecule has 1 atom stereocenters. The highest BCUT2D eigenvalue weighted by Gasteiger charge is 2.09. The Morgan fingerprint density at radius 3 is 2.79 bits per heavy atom. The zero-order valence-electron chi connectivity index (χ0n) is 10.4. The molecule has 0 aliphatic carbocycles. The van der Waals surface area contributed by atoms with Gasteiger partial charge in [0, 0.05) is 22.9 Å². The Bertz CT molecular complexity index is 601. The predicted octanol–water partition coefficient (Wildman–Crippen LogP) is 3.54. The van der Waals surface area contributed by atoms with Crippen molar-refractivity contribution in [2.45, 2.75) is 13.0 Å². The largest absolute Gasteiger partial charge is 0.388 e. The Balaban J connectivity index is 2.19. The Morgan fingerprint density at radius 2 is 2.11 bits per heavy atom. The van der Waals surface area contributed by atoms with Gasteiger partial charge in [0.2, 0.25) is 0 Å². The second-order valence-electron chi connectivity index (χ2n) is 4.18. The molecule has 1 unspecified atom stereocenters. The maximum atomic E-state index is 6.17. The summed E-state index contributed by atoms with van der Waals surface area (Å²) in [5.74, 6) is 0. The van der Waals surface area contributed by atoms with Crippen LogP contribution in [0.25, 0.3) is 0 Å². The molecule has 1 heterocycles. The number of aromatic nitrogens is 1. The molecular formula is C14H14ClN3S. The van der Waals surface area contributed by atoms with Gasteiger partial charge in [-0.25, -0.2) is 0 Å². The average molecular weight is 292 g/mol. The Kier molecular flexibility index (Phi) is 4.35. The number of nitrogens with zero attached hydrogens (tertiary/aromatic N) is 1. The summed E-state index contributed by atoms with van der Waals surface area (Å²) >= 11 is 11.1. The zero-order chi connectivity index (χ0) is 13.8. The number of nitrogens with one attached hydrogen (secondary N) is 1. The summed E-state index contributed by atoms with van der Waals surface area (Å²) in [5.41, 5.74) is 8.12. The van der Waals surface area contributed by atoms with Crippen molar-refractivity contribution in [2.24, 2.45) is 5.73 Å². The fraction of sp³-hybridized carbons (Fsp3) is 0.143. The minimum absolute atomic E-state index is 0.0790. The van der Waals surface area contributed by atoms with Gasteiger partial charge in [0.1, 0.15) is 4.99 Å². The minimum Gasteiger partial charge on any atom is -0.388 e. The van der Waals surface area contributed by atoms with Crippen LogP contribution in [0.3, 0.4) is 0 Å². The van der Waals surface area contributed by atoms with E-state index >= 15 is 0 Å². The molecule has 0 amide bonds. The lowest BCUT2D eigenvalue weighted by molar-refractivity contribution is 0.884. The Morgan fingerprint density at radius 1 is 1.37 bits per heavy atom. The van der Waals surface area contributed by atoms with Crippen molar-refractivity contribution < 1.29 is 0 Å². The molecule has 3 N–H and O–H groups in total. The number of halogens is 1. The van der Waals surface area contributed by atoms with E-state index in [2.05, 4.69) is 10.3 Å². The molecule has 1 aromatic heterocycles. The molecular weight excluding hydrogens is 278 g/mol. The number of benzene rings is 1. The van der Waals surface area contributed by atoms with E-state index in [0.717, 1.165) is 16.3 Å². The third-order valence-electron chi connectivity index (χ3n) is 2.77. The van der Waals surface area contributed by atoms with E-state index in [1.165, 1.54) is 0 Å². The first-order valence-electron chi connectivity index (χ1n) is 5.84. The van der Waals surface area contributed by atoms with Crippen molar-refractivity contribution in [3.63, 3.8) is 0 Å². The summed E-state index contributed by atoms with van der Waals surface area (Å²) in [5, 5.41) is 4.10. The van der Waals surface area contributed by atoms with E-state index in [4.69, 9.17) is 29.6 Å². The highest BCUT2D eigenvalue weighted by atomic mass is 35.5. The van der Waals surface area contributed by atoms with Crippen LogP contribution in [0.2, 0.25) is 5.02 Å². The smallest absolute Gasteiger partial charge is 0.122 e. The highest BCUT2D eigenvalue weighted by molar-refractivity contribution is 7.80. The van der Waals surface area contributed by atoms with Crippen LogP contribution in [0, 0.1) is 0 Å². The van der Waals surface area contributed by atoms with Crippen LogP contribution in [0.15, 0.2) is 42.6 Å². The molecule has 0 aliphatic heterocycles. The molecule has 0 bridgehead atoms. The number of nitrogens with two attached hydrogens (primary N) is 1. The molecule has 0 saturated carbocycles. The molecule has 2 rings (SSSR count). The Hall–Kier alpha value is -1.65. The van der Waals surface area contributed by atoms with Crippen LogP contribution in [-0.4, -0.2) is 9.97 Å². The molecule has 98 valence electrons. The second-order valence-corrected chi connectivity index (χ2v) is 5.03. The van der Waals surface area contributed by atoms with Crippen molar-refractivity contribution in [3.05, 3.63) is 58.9 Å². The Labute approximate surface area is 122 Å². The van der Waals surface area contributed by atoms with Crippen molar-refractivity contribution in [3.8, 4) is 0 Å². The number of thiocarbonyl (C=S) groups is 1. The molecule has 0 radical (unpaired) electrons. The normalized spacial score (nSPS) is 11.9. The predicted molar refractivity (Wildman–Crippen MR) is 83.6 cm³/mol. The van der Waals surface area contributed by atoms with Crippen molar-refractivity contribution in [2.75, 3.05) is 5.32 Å². The number of hydrogen-bond donors (Lipinski definition) is 2. The van der Waals surface area contributed by atoms with Gasteiger partial charge in [0.15, 0.2) is 0 Å². The summed E-state index contributed by atoms with van der Waals surface area (Å²) in [7, 11) is 0. The first kappa shape index (κ1) is 13.8. The monoisotopic (exact) mass is 291 g/mol. The molecule has 5 heteroatoms. The summed E-state index contributed by atoms with van der Waals surface area (Å²) in [6.07, 6.45) is 1.68. The van der Waals surface area contributed by atoms with Gasteiger partial charge < -0.3 is 11.1 Å². The molecule has 3 nitrogen and oxygen atoms in total. The number of pyridine rings is 1. The van der Waals surface area contributed by atoms with Gasteiger partial charge in [0.25, 0.3) is 0 Å². The fourth-order valence-corrected chi connectivity index (χ4v) is 2.22. The second kappa shape index (κ2) is 5.99. The maximum Gasteiger partial charge on any atom is 0.122 e. The van der Waals surface area contributed by atoms with E-state index < -0.39 is 0 Å². The lowest BCUT2D eigenvalue weighted by Gasteiger charge is -2.17. The van der Waals surface area contributed by atoms with Crippen molar-refractivity contribution >= 4 is 34.5 Å². The van der Waals surface area contributed by atoms with Crippen LogP contribution < -0.4 is 11.1 Å². The van der Waals surface area contributed by atoms with Gasteiger partial charge in [-0.3, -0.25) is 4.98 Å². The average Bonchev–Trinajstić information content (AvgIpc) is 2.39. The quantitative estimate of drug-likeness (QED) is 0.846. The topological polar surface area (TPSA) is 50.9 Å². The fourth-order valence-electron chi connectivity index (χ4n) is 1.81. The molecule has 0 fully saturated rings. The van der Waals surface area contributed by atoms with Crippen LogP contribution in [0.5, 0.6) is 0 Å². The van der Waals surface area contributed by atoms with E-state index in [9.17, 15) is 0 Å². The van der Waals surface area contributed by atoms with Gasteiger partial charge in [0.05, 0.1) is 5.69 Å². The number of hydrogen-bond acceptors (Lipinski definition) is 3. The van der Waals surface area contributed by atoms with Crippen molar-refractivity contribution in [1.82, 2.24) is 4.98 Å². The lowest BCUT2D eigenvalue weighted by Crippen LogP contribution is -2.13. The molecule has 1 aromatic carbocycles. The van der Waals surface area contributed by atoms with Gasteiger partial charge in [-0.15, -0.1) is 0 Å². The van der Waals surface area contributed by atoms with Crippen LogP contribution >= 0.6 is 23.8 Å². The van der Waals surface area contributed by atoms with Gasteiger partial charge in [-0.05, 0) is 30.7 Å². The van der Waals surface area contributed by atoms with Crippen LogP contribution in [0.1, 0.15) is 24.2 Å². The first-order valence-corrected chi connectivity index (χ1v) is 6.63. The standard InChI is InChI=1S/C14H14ClN3S/c1-9(11-4-2-3-5-12(11)15)18-10-6-7-17-13(8-10)14(16)19/h2-9H,1H3,(H2,16,19)(H,17,18). The van der Waals surface area contributed by atoms with Crippen LogP contribution in [0.4, 0.5) is 5.69 Å². The van der Waals surface area contributed by atoms with Gasteiger partial charge >= 0.3 is 0 Å². The number of rotatable bonds is 4. The van der Waals surface area contributed by atoms with Gasteiger partial charge in [-0.2, -0.15) is 0 Å². The summed E-state index contributed by atoms with van der Waals surface area (Å²) in [6.45, 7) is 2.04. The summed E-state index contributed by atoms with van der Waals surface area (Å²) in [4.78, 5) is 4.39. The van der Waals surface area contributed by atoms with E-state index in [0.29, 0.717) is 5.69 Å². The van der Waals surface area contributed by atoms with Gasteiger partial charge in [-0.1, -0.05) is 42.0 Å². The maximum absolute atomic E-state index is 6.17. The summed E-state index contributed by atoms with van der Waals surface area (Å²) in [6, 6.07) is 11.5. The molecule has 0 spiro atoms. The highest BCUT2D eigenvalue weighted by Crippen LogP contribution is 2.25. The minimum atomic E-state index is 0.0790. The zero-order valence-corrected chi connectivity index (χ0v) is 12.0. The van der Waals surface area contributed by atoms with Crippen LogP contribution in [-0.2, 0) is 0 Å². The van der Waals surface area contributed by atoms with E-state index in [1.807, 2.05) is 43.3 Å². The van der Waals surface area contributed by atoms with Crippen molar-refractivity contribution in [1.29, 1.82) is 0 Å². The number of anilines is 1. The molecule has 2 aromatic rings. The SMILES string of the molecule is CC(Nc1ccnc(C(N)=S)c1)c1ccccc1Cl. The van der Waals surface area contributed by atoms with E-state index in [1.54, 1.807) is 6.20 Å². The third-order valence-corrected chi connectivity index (χ3v) is 3.32. The first-order chi connectivity index (χ1) is 9.08. The molecule has 0 aliphatic rings. The third kappa shape index (κ3) is 3.43. The molecule has 0 saturated heterocycles. The summed E-state index contributed by atoms with van der Waals surface area (Å²) < 4.78 is 0.